The van der Waals surface area contributed by atoms with E-state index in [9.17, 15) is 22.0 Å². The summed E-state index contributed by atoms with van der Waals surface area (Å²) in [5.41, 5.74) is 5.21. The van der Waals surface area contributed by atoms with Gasteiger partial charge in [0.15, 0.2) is 0 Å². The molecule has 0 saturated carbocycles. The van der Waals surface area contributed by atoms with E-state index in [4.69, 9.17) is 5.73 Å². The molecule has 0 aliphatic carbocycles. The minimum Gasteiger partial charge on any atom is -0.348 e. The molecule has 7 nitrogen and oxygen atoms in total. The molecule has 1 aliphatic rings. The maximum Gasteiger partial charge on any atom is 0.277 e. The summed E-state index contributed by atoms with van der Waals surface area (Å²) < 4.78 is 52.1. The Labute approximate surface area is 144 Å². The van der Waals surface area contributed by atoms with Gasteiger partial charge in [0.2, 0.25) is 5.91 Å². The van der Waals surface area contributed by atoms with Gasteiger partial charge in [-0.15, -0.1) is 12.4 Å². The summed E-state index contributed by atoms with van der Waals surface area (Å²) in [6.07, 6.45) is 0. The van der Waals surface area contributed by atoms with Crippen LogP contribution in [0.4, 0.5) is 8.78 Å². The largest absolute Gasteiger partial charge is 0.348 e. The van der Waals surface area contributed by atoms with Gasteiger partial charge >= 0.3 is 0 Å². The van der Waals surface area contributed by atoms with E-state index in [2.05, 4.69) is 9.71 Å². The highest BCUT2D eigenvalue weighted by Crippen LogP contribution is 2.22. The third-order valence-corrected chi connectivity index (χ3v) is 4.58. The summed E-state index contributed by atoms with van der Waals surface area (Å²) in [5, 5.41) is 2.04. The predicted molar refractivity (Wildman–Crippen MR) is 87.0 cm³/mol. The van der Waals surface area contributed by atoms with Crippen molar-refractivity contribution >= 4 is 34.2 Å². The van der Waals surface area contributed by atoms with Gasteiger partial charge in [-0.3, -0.25) is 14.5 Å². The Morgan fingerprint density at radius 1 is 1.42 bits per heavy atom. The van der Waals surface area contributed by atoms with Crippen LogP contribution >= 0.6 is 12.4 Å². The molecule has 0 fully saturated rings. The molecule has 1 aromatic carbocycles. The van der Waals surface area contributed by atoms with Crippen LogP contribution in [0.25, 0.3) is 0 Å². The van der Waals surface area contributed by atoms with Crippen LogP contribution in [-0.4, -0.2) is 45.2 Å². The molecule has 0 bridgehead atoms. The van der Waals surface area contributed by atoms with Gasteiger partial charge in [0.05, 0.1) is 18.0 Å². The molecule has 4 N–H and O–H groups in total. The first kappa shape index (κ1) is 20.3. The van der Waals surface area contributed by atoms with E-state index in [0.29, 0.717) is 5.56 Å². The average Bonchev–Trinajstić information content (AvgIpc) is 2.76. The van der Waals surface area contributed by atoms with Crippen molar-refractivity contribution in [1.29, 1.82) is 0 Å². The van der Waals surface area contributed by atoms with Crippen molar-refractivity contribution in [2.45, 2.75) is 23.8 Å². The zero-order chi connectivity index (χ0) is 17.3. The molecule has 0 saturated heterocycles. The number of alkyl halides is 2. The second kappa shape index (κ2) is 7.41. The van der Waals surface area contributed by atoms with Crippen molar-refractivity contribution in [1.82, 2.24) is 10.0 Å². The van der Waals surface area contributed by atoms with Crippen molar-refractivity contribution in [2.75, 3.05) is 13.1 Å². The lowest BCUT2D eigenvalue weighted by Gasteiger charge is -2.16. The summed E-state index contributed by atoms with van der Waals surface area (Å²) >= 11 is 0. The number of amides is 1. The third kappa shape index (κ3) is 4.40. The van der Waals surface area contributed by atoms with Crippen LogP contribution in [0.15, 0.2) is 34.2 Å². The van der Waals surface area contributed by atoms with Crippen molar-refractivity contribution in [3.8, 4) is 0 Å². The van der Waals surface area contributed by atoms with E-state index >= 15 is 0 Å². The van der Waals surface area contributed by atoms with Gasteiger partial charge in [-0.1, -0.05) is 12.1 Å². The Morgan fingerprint density at radius 2 is 2.04 bits per heavy atom. The number of carbonyl (C=O) groups excluding carboxylic acids is 1. The predicted octanol–water partition coefficient (Wildman–Crippen LogP) is 0.246. The van der Waals surface area contributed by atoms with Crippen molar-refractivity contribution in [2.24, 2.45) is 10.7 Å². The van der Waals surface area contributed by atoms with E-state index in [1.54, 1.807) is 18.2 Å². The van der Waals surface area contributed by atoms with Gasteiger partial charge in [0.1, 0.15) is 11.9 Å². The number of fused-ring (bicyclic) bond motifs is 1. The molecule has 1 aliphatic heterocycles. The molecule has 1 amide bonds. The number of sulfonamides is 1. The molecular formula is C13H17ClF2N4O3S. The first-order valence-corrected chi connectivity index (χ1v) is 8.20. The number of benzene rings is 1. The number of aliphatic imine (C=N–C) groups is 1. The van der Waals surface area contributed by atoms with Crippen molar-refractivity contribution in [3.63, 3.8) is 0 Å². The maximum atomic E-state index is 13.0. The zero-order valence-corrected chi connectivity index (χ0v) is 14.3. The van der Waals surface area contributed by atoms with Crippen molar-refractivity contribution in [3.05, 3.63) is 29.8 Å². The SMILES string of the molecule is CC(N=C1NS(=O)(=O)c2ccccc21)C(=O)NCC(F)(F)CN.Cl. The molecule has 134 valence electrons. The van der Waals surface area contributed by atoms with Crippen LogP contribution in [-0.2, 0) is 14.8 Å². The van der Waals surface area contributed by atoms with Gasteiger partial charge in [0.25, 0.3) is 15.9 Å². The number of carbonyl (C=O) groups is 1. The van der Waals surface area contributed by atoms with Gasteiger partial charge < -0.3 is 11.1 Å². The van der Waals surface area contributed by atoms with E-state index in [0.717, 1.165) is 0 Å². The number of nitrogens with zero attached hydrogens (tertiary/aromatic N) is 1. The topological polar surface area (TPSA) is 114 Å². The Bertz CT molecular complexity index is 755. The molecular weight excluding hydrogens is 366 g/mol. The van der Waals surface area contributed by atoms with E-state index < -0.39 is 41.0 Å². The molecule has 1 atom stereocenters. The summed E-state index contributed by atoms with van der Waals surface area (Å²) in [4.78, 5) is 15.8. The Balaban J connectivity index is 0.00000288. The van der Waals surface area contributed by atoms with E-state index in [-0.39, 0.29) is 23.1 Å². The quantitative estimate of drug-likeness (QED) is 0.677. The number of amidine groups is 1. The molecule has 11 heteroatoms. The van der Waals surface area contributed by atoms with Gasteiger partial charge in [-0.2, -0.15) is 0 Å². The first-order chi connectivity index (χ1) is 10.7. The molecule has 1 unspecified atom stereocenters. The van der Waals surface area contributed by atoms with Crippen LogP contribution in [0.5, 0.6) is 0 Å². The van der Waals surface area contributed by atoms with Gasteiger partial charge in [0, 0.05) is 5.56 Å². The Morgan fingerprint density at radius 3 is 2.67 bits per heavy atom. The third-order valence-electron chi connectivity index (χ3n) is 3.18. The number of hydrogen-bond acceptors (Lipinski definition) is 5. The number of halogens is 3. The lowest BCUT2D eigenvalue weighted by molar-refractivity contribution is -0.123. The minimum atomic E-state index is -3.71. The Kier molecular flexibility index (Phi) is 6.26. The number of nitrogens with two attached hydrogens (primary N) is 1. The average molecular weight is 383 g/mol. The highest BCUT2D eigenvalue weighted by atomic mass is 35.5. The van der Waals surface area contributed by atoms with Crippen molar-refractivity contribution < 1.29 is 22.0 Å². The summed E-state index contributed by atoms with van der Waals surface area (Å²) in [7, 11) is -3.71. The van der Waals surface area contributed by atoms with E-state index in [1.165, 1.54) is 13.0 Å². The first-order valence-electron chi connectivity index (χ1n) is 6.72. The smallest absolute Gasteiger partial charge is 0.277 e. The zero-order valence-electron chi connectivity index (χ0n) is 12.6. The fourth-order valence-electron chi connectivity index (χ4n) is 1.92. The monoisotopic (exact) mass is 382 g/mol. The lowest BCUT2D eigenvalue weighted by atomic mass is 10.2. The van der Waals surface area contributed by atoms with Crippen LogP contribution in [0.2, 0.25) is 0 Å². The summed E-state index contributed by atoms with van der Waals surface area (Å²) in [5.74, 6) is -3.95. The summed E-state index contributed by atoms with van der Waals surface area (Å²) in [6.45, 7) is -0.415. The molecule has 0 spiro atoms. The number of nitrogens with one attached hydrogen (secondary N) is 2. The van der Waals surface area contributed by atoms with Crippen LogP contribution in [0, 0.1) is 0 Å². The van der Waals surface area contributed by atoms with Crippen LogP contribution in [0.3, 0.4) is 0 Å². The second-order valence-electron chi connectivity index (χ2n) is 5.03. The minimum absolute atomic E-state index is 0. The second-order valence-corrected chi connectivity index (χ2v) is 6.68. The normalized spacial score (nSPS) is 18.2. The molecule has 1 aromatic rings. The van der Waals surface area contributed by atoms with Gasteiger partial charge in [-0.05, 0) is 19.1 Å². The molecule has 0 aromatic heterocycles. The summed E-state index contributed by atoms with van der Waals surface area (Å²) in [6, 6.07) is 5.09. The lowest BCUT2D eigenvalue weighted by Crippen LogP contribution is -2.44. The molecule has 0 radical (unpaired) electrons. The molecule has 2 rings (SSSR count). The fraction of sp³-hybridized carbons (Fsp3) is 0.385. The van der Waals surface area contributed by atoms with Crippen LogP contribution in [0.1, 0.15) is 12.5 Å². The molecule has 24 heavy (non-hydrogen) atoms. The Hall–Kier alpha value is -1.78. The maximum absolute atomic E-state index is 13.0. The highest BCUT2D eigenvalue weighted by Gasteiger charge is 2.32. The van der Waals surface area contributed by atoms with Gasteiger partial charge in [-0.25, -0.2) is 17.2 Å². The molecule has 1 heterocycles. The van der Waals surface area contributed by atoms with E-state index in [1.807, 2.05) is 5.32 Å². The standard InChI is InChI=1S/C13H16F2N4O3S.ClH/c1-8(12(20)17-7-13(14,15)6-16)18-11-9-4-2-3-5-10(9)23(21,22)19-11;/h2-5,8H,6-7,16H2,1H3,(H,17,20)(H,18,19);1H. The number of rotatable bonds is 5. The number of hydrogen-bond donors (Lipinski definition) is 3. The van der Waals surface area contributed by atoms with Crippen LogP contribution < -0.4 is 15.8 Å². The highest BCUT2D eigenvalue weighted by molar-refractivity contribution is 7.90. The fourth-order valence-corrected chi connectivity index (χ4v) is 3.16.